The number of thioether (sulfide) groups is 1. The number of carboxylic acid groups (broad SMARTS) is 1. The minimum atomic E-state index is -0.836. The molecular formula is C7H8N2O2S. The standard InChI is InChI=1S/C7H8N2O2S/c8-6-2-1-5(3-9-6)12-4-7(10)11/h1-3H,4H2,(H2,8,9)(H,10,11). The SMILES string of the molecule is Nc1ccc(SCC(=O)O)cn1. The van der Waals surface area contributed by atoms with Crippen LogP contribution >= 0.6 is 11.8 Å². The molecule has 0 aromatic carbocycles. The highest BCUT2D eigenvalue weighted by Crippen LogP contribution is 2.16. The highest BCUT2D eigenvalue weighted by Gasteiger charge is 1.98. The topological polar surface area (TPSA) is 76.2 Å². The van der Waals surface area contributed by atoms with Gasteiger partial charge in [-0.05, 0) is 12.1 Å². The molecule has 1 heterocycles. The third kappa shape index (κ3) is 2.79. The third-order valence-corrected chi connectivity index (χ3v) is 2.09. The number of carboxylic acids is 1. The number of nitrogens with two attached hydrogens (primary N) is 1. The van der Waals surface area contributed by atoms with Crippen molar-refractivity contribution in [3.8, 4) is 0 Å². The molecule has 0 unspecified atom stereocenters. The highest BCUT2D eigenvalue weighted by molar-refractivity contribution is 8.00. The monoisotopic (exact) mass is 184 g/mol. The van der Waals surface area contributed by atoms with Crippen molar-refractivity contribution in [1.29, 1.82) is 0 Å². The Balaban J connectivity index is 2.53. The first-order valence-electron chi connectivity index (χ1n) is 3.24. The van der Waals surface area contributed by atoms with Crippen molar-refractivity contribution in [2.75, 3.05) is 11.5 Å². The van der Waals surface area contributed by atoms with Gasteiger partial charge in [0.25, 0.3) is 0 Å². The van der Waals surface area contributed by atoms with E-state index in [1.807, 2.05) is 0 Å². The number of pyridine rings is 1. The van der Waals surface area contributed by atoms with Gasteiger partial charge in [0.15, 0.2) is 0 Å². The molecule has 12 heavy (non-hydrogen) atoms. The van der Waals surface area contributed by atoms with Crippen LogP contribution in [0, 0.1) is 0 Å². The summed E-state index contributed by atoms with van der Waals surface area (Å²) in [5.41, 5.74) is 5.35. The summed E-state index contributed by atoms with van der Waals surface area (Å²) in [6.07, 6.45) is 1.56. The lowest BCUT2D eigenvalue weighted by Gasteiger charge is -1.97. The summed E-state index contributed by atoms with van der Waals surface area (Å²) in [6.45, 7) is 0. The molecule has 0 spiro atoms. The third-order valence-electron chi connectivity index (χ3n) is 1.12. The summed E-state index contributed by atoms with van der Waals surface area (Å²) in [4.78, 5) is 14.8. The van der Waals surface area contributed by atoms with Gasteiger partial charge in [-0.1, -0.05) is 0 Å². The first kappa shape index (κ1) is 8.86. The summed E-state index contributed by atoms with van der Waals surface area (Å²) in [5.74, 6) is -0.350. The van der Waals surface area contributed by atoms with Crippen LogP contribution < -0.4 is 5.73 Å². The minimum Gasteiger partial charge on any atom is -0.481 e. The highest BCUT2D eigenvalue weighted by atomic mass is 32.2. The Morgan fingerprint density at radius 2 is 2.42 bits per heavy atom. The number of carbonyl (C=O) groups is 1. The molecule has 0 aliphatic carbocycles. The molecule has 1 aromatic rings. The molecule has 4 nitrogen and oxygen atoms in total. The number of hydrogen-bond donors (Lipinski definition) is 2. The van der Waals surface area contributed by atoms with Gasteiger partial charge >= 0.3 is 5.97 Å². The first-order valence-corrected chi connectivity index (χ1v) is 4.23. The fourth-order valence-corrected chi connectivity index (χ4v) is 1.20. The van der Waals surface area contributed by atoms with Crippen LogP contribution in [0.1, 0.15) is 0 Å². The van der Waals surface area contributed by atoms with Crippen LogP contribution in [0.3, 0.4) is 0 Å². The van der Waals surface area contributed by atoms with E-state index in [0.717, 1.165) is 4.90 Å². The van der Waals surface area contributed by atoms with Crippen molar-refractivity contribution >= 4 is 23.5 Å². The maximum Gasteiger partial charge on any atom is 0.313 e. The fourth-order valence-electron chi connectivity index (χ4n) is 0.622. The Bertz CT molecular complexity index is 273. The van der Waals surface area contributed by atoms with Crippen molar-refractivity contribution in [2.45, 2.75) is 4.90 Å². The molecule has 5 heteroatoms. The molecule has 1 rings (SSSR count). The summed E-state index contributed by atoms with van der Waals surface area (Å²) in [7, 11) is 0. The Hall–Kier alpha value is -1.23. The molecule has 0 aliphatic heterocycles. The van der Waals surface area contributed by atoms with Gasteiger partial charge in [0.05, 0.1) is 5.75 Å². The quantitative estimate of drug-likeness (QED) is 0.681. The Morgan fingerprint density at radius 1 is 1.67 bits per heavy atom. The molecule has 0 saturated heterocycles. The average Bonchev–Trinajstić information content (AvgIpc) is 2.03. The number of nitrogens with zero attached hydrogens (tertiary/aromatic N) is 1. The van der Waals surface area contributed by atoms with Gasteiger partial charge in [-0.15, -0.1) is 11.8 Å². The molecule has 0 aliphatic rings. The van der Waals surface area contributed by atoms with Gasteiger partial charge < -0.3 is 10.8 Å². The van der Waals surface area contributed by atoms with Crippen LogP contribution in [0.15, 0.2) is 23.2 Å². The summed E-state index contributed by atoms with van der Waals surface area (Å²) in [5, 5.41) is 8.36. The molecule has 64 valence electrons. The minimum absolute atomic E-state index is 0.0472. The number of aliphatic carboxylic acids is 1. The predicted octanol–water partition coefficient (Wildman–Crippen LogP) is 0.841. The van der Waals surface area contributed by atoms with E-state index in [4.69, 9.17) is 10.8 Å². The summed E-state index contributed by atoms with van der Waals surface area (Å²) >= 11 is 1.22. The Kier molecular flexibility index (Phi) is 2.93. The van der Waals surface area contributed by atoms with Crippen LogP contribution in [0.2, 0.25) is 0 Å². The van der Waals surface area contributed by atoms with E-state index in [-0.39, 0.29) is 5.75 Å². The average molecular weight is 184 g/mol. The van der Waals surface area contributed by atoms with Crippen molar-refractivity contribution in [3.05, 3.63) is 18.3 Å². The number of rotatable bonds is 3. The van der Waals surface area contributed by atoms with Crippen molar-refractivity contribution in [1.82, 2.24) is 4.98 Å². The van der Waals surface area contributed by atoms with Gasteiger partial charge in [0.2, 0.25) is 0 Å². The van der Waals surface area contributed by atoms with Gasteiger partial charge in [0, 0.05) is 11.1 Å². The largest absolute Gasteiger partial charge is 0.481 e. The van der Waals surface area contributed by atoms with Crippen LogP contribution in [0.5, 0.6) is 0 Å². The van der Waals surface area contributed by atoms with Crippen LogP contribution in [0.25, 0.3) is 0 Å². The molecule has 0 fully saturated rings. The van der Waals surface area contributed by atoms with Crippen molar-refractivity contribution in [3.63, 3.8) is 0 Å². The molecule has 3 N–H and O–H groups in total. The number of aromatic nitrogens is 1. The van der Waals surface area contributed by atoms with Crippen LogP contribution in [-0.4, -0.2) is 21.8 Å². The van der Waals surface area contributed by atoms with E-state index < -0.39 is 5.97 Å². The molecule has 0 atom stereocenters. The van der Waals surface area contributed by atoms with E-state index in [2.05, 4.69) is 4.98 Å². The molecule has 0 saturated carbocycles. The van der Waals surface area contributed by atoms with E-state index in [9.17, 15) is 4.79 Å². The second kappa shape index (κ2) is 3.96. The normalized spacial score (nSPS) is 9.67. The molecule has 0 radical (unpaired) electrons. The first-order chi connectivity index (χ1) is 5.68. The van der Waals surface area contributed by atoms with Crippen molar-refractivity contribution in [2.24, 2.45) is 0 Å². The van der Waals surface area contributed by atoms with Gasteiger partial charge in [-0.3, -0.25) is 4.79 Å². The van der Waals surface area contributed by atoms with Crippen LogP contribution in [0.4, 0.5) is 5.82 Å². The fraction of sp³-hybridized carbons (Fsp3) is 0.143. The molecule has 0 amide bonds. The zero-order chi connectivity index (χ0) is 8.97. The second-order valence-corrected chi connectivity index (χ2v) is 3.15. The second-order valence-electron chi connectivity index (χ2n) is 2.10. The molecule has 1 aromatic heterocycles. The maximum atomic E-state index is 10.2. The van der Waals surface area contributed by atoms with Gasteiger partial charge in [-0.2, -0.15) is 0 Å². The zero-order valence-electron chi connectivity index (χ0n) is 6.23. The lowest BCUT2D eigenvalue weighted by atomic mass is 10.5. The molecular weight excluding hydrogens is 176 g/mol. The number of anilines is 1. The van der Waals surface area contributed by atoms with E-state index in [1.165, 1.54) is 11.8 Å². The van der Waals surface area contributed by atoms with Gasteiger partial charge in [0.1, 0.15) is 5.82 Å². The summed E-state index contributed by atoms with van der Waals surface area (Å²) in [6, 6.07) is 3.39. The van der Waals surface area contributed by atoms with E-state index in [1.54, 1.807) is 18.3 Å². The zero-order valence-corrected chi connectivity index (χ0v) is 7.04. The smallest absolute Gasteiger partial charge is 0.313 e. The predicted molar refractivity (Wildman–Crippen MR) is 47.0 cm³/mol. The Morgan fingerprint density at radius 3 is 2.92 bits per heavy atom. The Labute approximate surface area is 73.8 Å². The number of hydrogen-bond acceptors (Lipinski definition) is 4. The van der Waals surface area contributed by atoms with E-state index in [0.29, 0.717) is 5.82 Å². The van der Waals surface area contributed by atoms with Crippen molar-refractivity contribution < 1.29 is 9.90 Å². The lowest BCUT2D eigenvalue weighted by molar-refractivity contribution is -0.133. The summed E-state index contributed by atoms with van der Waals surface area (Å²) < 4.78 is 0. The lowest BCUT2D eigenvalue weighted by Crippen LogP contribution is -1.97. The number of nitrogen functional groups attached to an aromatic ring is 1. The maximum absolute atomic E-state index is 10.2. The van der Waals surface area contributed by atoms with Crippen LogP contribution in [-0.2, 0) is 4.79 Å². The van der Waals surface area contributed by atoms with E-state index >= 15 is 0 Å². The van der Waals surface area contributed by atoms with Gasteiger partial charge in [-0.25, -0.2) is 4.98 Å². The molecule has 0 bridgehead atoms.